The first-order chi connectivity index (χ1) is 15.5. The number of aromatic amines is 1. The summed E-state index contributed by atoms with van der Waals surface area (Å²) in [5, 5.41) is 5.24. The summed E-state index contributed by atoms with van der Waals surface area (Å²) < 4.78 is 8.09. The standard InChI is InChI=1S/C24H18BrN5OS/c1-4-14-7-6-8-15(11-14)27-22-20-21(25)17(5-2)28-23(20)30-24(29-22)31-16-9-10-19-18(12-16)26-13(3)32-19/h1,6-12H,5H2,2-3H3,(H2,27,28,29,30). The molecule has 0 aliphatic rings. The van der Waals surface area contributed by atoms with E-state index in [4.69, 9.17) is 11.2 Å². The number of rotatable bonds is 5. The number of ether oxygens (including phenoxy) is 1. The number of hydrogen-bond donors (Lipinski definition) is 2. The van der Waals surface area contributed by atoms with Gasteiger partial charge >= 0.3 is 6.01 Å². The Labute approximate surface area is 197 Å². The highest BCUT2D eigenvalue weighted by molar-refractivity contribution is 9.10. The van der Waals surface area contributed by atoms with E-state index in [9.17, 15) is 0 Å². The molecule has 3 heterocycles. The van der Waals surface area contributed by atoms with E-state index in [1.54, 1.807) is 11.3 Å². The molecule has 0 spiro atoms. The highest BCUT2D eigenvalue weighted by Crippen LogP contribution is 2.36. The summed E-state index contributed by atoms with van der Waals surface area (Å²) in [7, 11) is 0. The molecule has 0 bridgehead atoms. The van der Waals surface area contributed by atoms with Crippen LogP contribution in [0.3, 0.4) is 0 Å². The summed E-state index contributed by atoms with van der Waals surface area (Å²) in [5.74, 6) is 3.90. The highest BCUT2D eigenvalue weighted by atomic mass is 79.9. The topological polar surface area (TPSA) is 75.7 Å². The molecule has 0 atom stereocenters. The number of hydrogen-bond acceptors (Lipinski definition) is 6. The highest BCUT2D eigenvalue weighted by Gasteiger charge is 2.18. The Morgan fingerprint density at radius 1 is 1.19 bits per heavy atom. The number of aromatic nitrogens is 4. The van der Waals surface area contributed by atoms with Crippen LogP contribution in [-0.2, 0) is 6.42 Å². The van der Waals surface area contributed by atoms with Gasteiger partial charge in [0.2, 0.25) is 0 Å². The summed E-state index contributed by atoms with van der Waals surface area (Å²) >= 11 is 5.34. The third-order valence-electron chi connectivity index (χ3n) is 4.96. The number of fused-ring (bicyclic) bond motifs is 2. The van der Waals surface area contributed by atoms with Gasteiger partial charge in [-0.2, -0.15) is 9.97 Å². The molecule has 32 heavy (non-hydrogen) atoms. The van der Waals surface area contributed by atoms with Gasteiger partial charge in [-0.1, -0.05) is 18.9 Å². The van der Waals surface area contributed by atoms with Crippen LogP contribution in [0, 0.1) is 19.3 Å². The first-order valence-corrected chi connectivity index (χ1v) is 11.6. The van der Waals surface area contributed by atoms with Gasteiger partial charge in [0, 0.05) is 23.0 Å². The van der Waals surface area contributed by atoms with Crippen LogP contribution in [-0.4, -0.2) is 19.9 Å². The summed E-state index contributed by atoms with van der Waals surface area (Å²) in [4.78, 5) is 17.2. The van der Waals surface area contributed by atoms with E-state index >= 15 is 0 Å². The molecule has 6 nitrogen and oxygen atoms in total. The molecule has 0 unspecified atom stereocenters. The Bertz CT molecular complexity index is 1510. The van der Waals surface area contributed by atoms with Gasteiger partial charge in [-0.25, -0.2) is 4.98 Å². The summed E-state index contributed by atoms with van der Waals surface area (Å²) in [6, 6.07) is 13.7. The SMILES string of the molecule is C#Cc1cccc(Nc2nc(Oc3ccc4sc(C)nc4c3)nc3[nH]c(CC)c(Br)c23)c1. The van der Waals surface area contributed by atoms with Gasteiger partial charge in [0.1, 0.15) is 17.2 Å². The zero-order valence-electron chi connectivity index (χ0n) is 17.4. The molecule has 3 aromatic heterocycles. The Morgan fingerprint density at radius 3 is 2.88 bits per heavy atom. The summed E-state index contributed by atoms with van der Waals surface area (Å²) in [5.41, 5.74) is 4.22. The van der Waals surface area contributed by atoms with Gasteiger partial charge in [0.05, 0.1) is 25.1 Å². The Morgan fingerprint density at radius 2 is 2.06 bits per heavy atom. The normalized spacial score (nSPS) is 11.1. The van der Waals surface area contributed by atoms with Gasteiger partial charge in [-0.15, -0.1) is 17.8 Å². The van der Waals surface area contributed by atoms with Crippen LogP contribution >= 0.6 is 27.3 Å². The van der Waals surface area contributed by atoms with Crippen molar-refractivity contribution < 1.29 is 4.74 Å². The fourth-order valence-electron chi connectivity index (χ4n) is 3.48. The van der Waals surface area contributed by atoms with Crippen LogP contribution in [0.4, 0.5) is 11.5 Å². The number of nitrogens with zero attached hydrogens (tertiary/aromatic N) is 3. The van der Waals surface area contributed by atoms with Gasteiger partial charge < -0.3 is 15.0 Å². The molecule has 0 radical (unpaired) electrons. The largest absolute Gasteiger partial charge is 0.424 e. The molecule has 0 aliphatic heterocycles. The number of nitrogens with one attached hydrogen (secondary N) is 2. The molecule has 0 saturated heterocycles. The van der Waals surface area contributed by atoms with Crippen molar-refractivity contribution in [1.82, 2.24) is 19.9 Å². The van der Waals surface area contributed by atoms with Crippen molar-refractivity contribution in [1.29, 1.82) is 0 Å². The zero-order valence-corrected chi connectivity index (χ0v) is 19.8. The van der Waals surface area contributed by atoms with E-state index in [-0.39, 0.29) is 6.01 Å². The van der Waals surface area contributed by atoms with Crippen molar-refractivity contribution in [3.8, 4) is 24.1 Å². The van der Waals surface area contributed by atoms with Crippen molar-refractivity contribution in [3.63, 3.8) is 0 Å². The first-order valence-electron chi connectivity index (χ1n) is 10.0. The van der Waals surface area contributed by atoms with Crippen molar-refractivity contribution in [2.24, 2.45) is 0 Å². The maximum atomic E-state index is 6.04. The minimum Gasteiger partial charge on any atom is -0.424 e. The Hall–Kier alpha value is -3.41. The lowest BCUT2D eigenvalue weighted by Crippen LogP contribution is -1.99. The lowest BCUT2D eigenvalue weighted by atomic mass is 10.2. The minimum absolute atomic E-state index is 0.232. The lowest BCUT2D eigenvalue weighted by molar-refractivity contribution is 0.445. The molecule has 0 saturated carbocycles. The smallest absolute Gasteiger partial charge is 0.325 e. The number of thiazole rings is 1. The van der Waals surface area contributed by atoms with Crippen molar-refractivity contribution in [2.75, 3.05) is 5.32 Å². The Balaban J connectivity index is 1.58. The monoisotopic (exact) mass is 503 g/mol. The van der Waals surface area contributed by atoms with Gasteiger partial charge in [0.15, 0.2) is 0 Å². The average Bonchev–Trinajstić information content (AvgIpc) is 3.32. The molecule has 158 valence electrons. The van der Waals surface area contributed by atoms with Crippen LogP contribution in [0.15, 0.2) is 46.9 Å². The molecule has 5 rings (SSSR count). The van der Waals surface area contributed by atoms with Gasteiger partial charge in [-0.05, 0) is 59.6 Å². The van der Waals surface area contributed by atoms with Crippen molar-refractivity contribution >= 4 is 60.0 Å². The number of aryl methyl sites for hydroxylation is 2. The number of halogens is 1. The number of H-pyrrole nitrogens is 1. The lowest BCUT2D eigenvalue weighted by Gasteiger charge is -2.10. The predicted octanol–water partition coefficient (Wildman–Crippen LogP) is 6.72. The summed E-state index contributed by atoms with van der Waals surface area (Å²) in [6.45, 7) is 4.07. The van der Waals surface area contributed by atoms with Crippen LogP contribution < -0.4 is 10.1 Å². The number of anilines is 2. The molecule has 2 N–H and O–H groups in total. The van der Waals surface area contributed by atoms with Crippen molar-refractivity contribution in [3.05, 3.63) is 63.2 Å². The third-order valence-corrected chi connectivity index (χ3v) is 6.79. The van der Waals surface area contributed by atoms with Crippen molar-refractivity contribution in [2.45, 2.75) is 20.3 Å². The molecule has 2 aromatic carbocycles. The molecule has 0 fully saturated rings. The van der Waals surface area contributed by atoms with Crippen LogP contribution in [0.25, 0.3) is 21.3 Å². The molecular formula is C24H18BrN5OS. The number of terminal acetylenes is 1. The maximum Gasteiger partial charge on any atom is 0.325 e. The van der Waals surface area contributed by atoms with Crippen LogP contribution in [0.1, 0.15) is 23.2 Å². The van der Waals surface area contributed by atoms with Crippen LogP contribution in [0.2, 0.25) is 0 Å². The van der Waals surface area contributed by atoms with Gasteiger partial charge in [0.25, 0.3) is 0 Å². The van der Waals surface area contributed by atoms with E-state index in [0.29, 0.717) is 17.2 Å². The third kappa shape index (κ3) is 3.81. The molecule has 5 aromatic rings. The van der Waals surface area contributed by atoms with E-state index in [0.717, 1.165) is 48.4 Å². The second-order valence-corrected chi connectivity index (χ2v) is 9.19. The van der Waals surface area contributed by atoms with E-state index in [1.165, 1.54) is 0 Å². The quantitative estimate of drug-likeness (QED) is 0.260. The summed E-state index contributed by atoms with van der Waals surface area (Å²) in [6.07, 6.45) is 6.38. The van der Waals surface area contributed by atoms with Crippen LogP contribution in [0.5, 0.6) is 11.8 Å². The predicted molar refractivity (Wildman–Crippen MR) is 133 cm³/mol. The fraction of sp³-hybridized carbons (Fsp3) is 0.125. The molecule has 0 aliphatic carbocycles. The van der Waals surface area contributed by atoms with E-state index in [1.807, 2.05) is 49.4 Å². The second-order valence-electron chi connectivity index (χ2n) is 7.16. The van der Waals surface area contributed by atoms with E-state index in [2.05, 4.69) is 54.0 Å². The molecule has 8 heteroatoms. The fourth-order valence-corrected chi connectivity index (χ4v) is 5.04. The van der Waals surface area contributed by atoms with Gasteiger partial charge in [-0.3, -0.25) is 0 Å². The minimum atomic E-state index is 0.232. The number of benzene rings is 2. The molecule has 0 amide bonds. The Kier molecular flexibility index (Phi) is 5.29. The average molecular weight is 504 g/mol. The first kappa shape index (κ1) is 20.5. The molecular weight excluding hydrogens is 486 g/mol. The second kappa shape index (κ2) is 8.26. The van der Waals surface area contributed by atoms with E-state index < -0.39 is 0 Å². The maximum absolute atomic E-state index is 6.04. The zero-order chi connectivity index (χ0) is 22.2.